The Bertz CT molecular complexity index is 479. The first-order chi connectivity index (χ1) is 8.95. The van der Waals surface area contributed by atoms with Gasteiger partial charge in [-0.3, -0.25) is 14.9 Å². The molecule has 6 nitrogen and oxygen atoms in total. The smallest absolute Gasteiger partial charge is 0.308 e. The normalized spacial score (nSPS) is 11.9. The molecular formula is C12H15BrN2O4. The third kappa shape index (κ3) is 4.51. The molecule has 1 aromatic rings. The van der Waals surface area contributed by atoms with Crippen LogP contribution in [0.4, 0.5) is 11.4 Å². The lowest BCUT2D eigenvalue weighted by molar-refractivity contribution is -0.384. The Hall–Kier alpha value is -1.63. The number of rotatable bonds is 7. The number of nitro groups is 1. The molecule has 0 spiro atoms. The molecule has 0 radical (unpaired) electrons. The Morgan fingerprint density at radius 2 is 2.26 bits per heavy atom. The average molecular weight is 331 g/mol. The molecule has 0 aliphatic heterocycles. The van der Waals surface area contributed by atoms with E-state index in [4.69, 9.17) is 5.11 Å². The van der Waals surface area contributed by atoms with Crippen molar-refractivity contribution in [3.05, 3.63) is 32.8 Å². The van der Waals surface area contributed by atoms with Crippen LogP contribution in [0.5, 0.6) is 0 Å². The van der Waals surface area contributed by atoms with Gasteiger partial charge >= 0.3 is 5.97 Å². The number of halogens is 1. The molecule has 1 rings (SSSR count). The SMILES string of the molecule is CCCC(CNc1ccc([N+](=O)[O-])cc1Br)C(=O)O. The number of aliphatic carboxylic acids is 1. The summed E-state index contributed by atoms with van der Waals surface area (Å²) in [5.41, 5.74) is 0.633. The molecule has 104 valence electrons. The van der Waals surface area contributed by atoms with E-state index in [-0.39, 0.29) is 5.69 Å². The number of carboxylic acids is 1. The van der Waals surface area contributed by atoms with E-state index in [1.807, 2.05) is 6.92 Å². The average Bonchev–Trinajstić information content (AvgIpc) is 2.35. The zero-order valence-electron chi connectivity index (χ0n) is 10.4. The highest BCUT2D eigenvalue weighted by atomic mass is 79.9. The summed E-state index contributed by atoms with van der Waals surface area (Å²) in [6.45, 7) is 2.22. The first kappa shape index (κ1) is 15.4. The number of hydrogen-bond acceptors (Lipinski definition) is 4. The minimum Gasteiger partial charge on any atom is -0.481 e. The van der Waals surface area contributed by atoms with Gasteiger partial charge in [0.1, 0.15) is 0 Å². The van der Waals surface area contributed by atoms with E-state index in [0.29, 0.717) is 23.1 Å². The third-order valence-corrected chi connectivity index (χ3v) is 3.34. The standard InChI is InChI=1S/C12H15BrN2O4/c1-2-3-8(12(16)17)7-14-11-5-4-9(15(18)19)6-10(11)13/h4-6,8,14H,2-3,7H2,1H3,(H,16,17). The van der Waals surface area contributed by atoms with Gasteiger partial charge in [-0.25, -0.2) is 0 Å². The van der Waals surface area contributed by atoms with Gasteiger partial charge < -0.3 is 10.4 Å². The molecule has 0 bridgehead atoms. The quantitative estimate of drug-likeness (QED) is 0.591. The number of carbonyl (C=O) groups is 1. The predicted molar refractivity (Wildman–Crippen MR) is 75.3 cm³/mol. The van der Waals surface area contributed by atoms with Crippen molar-refractivity contribution in [1.29, 1.82) is 0 Å². The van der Waals surface area contributed by atoms with Crippen LogP contribution >= 0.6 is 15.9 Å². The predicted octanol–water partition coefficient (Wildman–Crippen LogP) is 3.27. The van der Waals surface area contributed by atoms with E-state index < -0.39 is 16.8 Å². The molecule has 0 saturated heterocycles. The van der Waals surface area contributed by atoms with E-state index in [1.54, 1.807) is 6.07 Å². The maximum absolute atomic E-state index is 11.0. The summed E-state index contributed by atoms with van der Waals surface area (Å²) < 4.78 is 0.544. The molecule has 2 N–H and O–H groups in total. The van der Waals surface area contributed by atoms with Crippen LogP contribution in [0.3, 0.4) is 0 Å². The van der Waals surface area contributed by atoms with E-state index >= 15 is 0 Å². The lowest BCUT2D eigenvalue weighted by atomic mass is 10.0. The second-order valence-corrected chi connectivity index (χ2v) is 4.98. The highest BCUT2D eigenvalue weighted by molar-refractivity contribution is 9.10. The molecule has 1 unspecified atom stereocenters. The Morgan fingerprint density at radius 3 is 2.74 bits per heavy atom. The van der Waals surface area contributed by atoms with Gasteiger partial charge in [0.25, 0.3) is 5.69 Å². The summed E-state index contributed by atoms with van der Waals surface area (Å²) in [7, 11) is 0. The van der Waals surface area contributed by atoms with Gasteiger partial charge in [0.2, 0.25) is 0 Å². The van der Waals surface area contributed by atoms with E-state index in [9.17, 15) is 14.9 Å². The minimum absolute atomic E-state index is 0.0132. The molecule has 1 aromatic carbocycles. The van der Waals surface area contributed by atoms with Crippen molar-refractivity contribution in [2.24, 2.45) is 5.92 Å². The fraction of sp³-hybridized carbons (Fsp3) is 0.417. The van der Waals surface area contributed by atoms with Gasteiger partial charge in [-0.1, -0.05) is 13.3 Å². The fourth-order valence-electron chi connectivity index (χ4n) is 1.66. The zero-order chi connectivity index (χ0) is 14.4. The number of nitro benzene ring substituents is 1. The molecule has 7 heteroatoms. The summed E-state index contributed by atoms with van der Waals surface area (Å²) in [4.78, 5) is 21.1. The van der Waals surface area contributed by atoms with Gasteiger partial charge in [-0.2, -0.15) is 0 Å². The number of nitrogens with zero attached hydrogens (tertiary/aromatic N) is 1. The lowest BCUT2D eigenvalue weighted by Gasteiger charge is -2.14. The van der Waals surface area contributed by atoms with Crippen molar-refractivity contribution in [3.63, 3.8) is 0 Å². The fourth-order valence-corrected chi connectivity index (χ4v) is 2.16. The van der Waals surface area contributed by atoms with Crippen molar-refractivity contribution >= 4 is 33.3 Å². The maximum atomic E-state index is 11.0. The highest BCUT2D eigenvalue weighted by Crippen LogP contribution is 2.27. The minimum atomic E-state index is -0.840. The molecule has 0 heterocycles. The molecule has 0 saturated carbocycles. The van der Waals surface area contributed by atoms with Crippen LogP contribution in [0.25, 0.3) is 0 Å². The number of anilines is 1. The summed E-state index contributed by atoms with van der Waals surface area (Å²) in [6.07, 6.45) is 1.38. The van der Waals surface area contributed by atoms with Gasteiger partial charge in [-0.15, -0.1) is 0 Å². The van der Waals surface area contributed by atoms with Crippen molar-refractivity contribution in [3.8, 4) is 0 Å². The van der Waals surface area contributed by atoms with Gasteiger partial charge in [0.05, 0.1) is 10.8 Å². The second kappa shape index (κ2) is 7.08. The van der Waals surface area contributed by atoms with E-state index in [0.717, 1.165) is 6.42 Å². The third-order valence-electron chi connectivity index (χ3n) is 2.69. The Morgan fingerprint density at radius 1 is 1.58 bits per heavy atom. The van der Waals surface area contributed by atoms with Crippen LogP contribution in [0.15, 0.2) is 22.7 Å². The highest BCUT2D eigenvalue weighted by Gasteiger charge is 2.17. The second-order valence-electron chi connectivity index (χ2n) is 4.13. The first-order valence-electron chi connectivity index (χ1n) is 5.86. The van der Waals surface area contributed by atoms with Crippen LogP contribution in [-0.4, -0.2) is 22.5 Å². The summed E-state index contributed by atoms with van der Waals surface area (Å²) in [5.74, 6) is -1.31. The Labute approximate surface area is 119 Å². The van der Waals surface area contributed by atoms with Gasteiger partial charge in [0, 0.05) is 28.8 Å². The van der Waals surface area contributed by atoms with Crippen LogP contribution in [0.2, 0.25) is 0 Å². The Balaban J connectivity index is 2.72. The van der Waals surface area contributed by atoms with E-state index in [2.05, 4.69) is 21.2 Å². The molecule has 1 atom stereocenters. The molecule has 0 amide bonds. The summed E-state index contributed by atoms with van der Waals surface area (Å²) in [5, 5.41) is 22.6. The molecule has 0 aliphatic rings. The van der Waals surface area contributed by atoms with Crippen molar-refractivity contribution in [2.75, 3.05) is 11.9 Å². The largest absolute Gasteiger partial charge is 0.481 e. The number of hydrogen-bond donors (Lipinski definition) is 2. The molecule has 19 heavy (non-hydrogen) atoms. The number of non-ortho nitro benzene ring substituents is 1. The van der Waals surface area contributed by atoms with Crippen LogP contribution in [0, 0.1) is 16.0 Å². The number of benzene rings is 1. The number of nitrogens with one attached hydrogen (secondary N) is 1. The van der Waals surface area contributed by atoms with E-state index in [1.165, 1.54) is 12.1 Å². The lowest BCUT2D eigenvalue weighted by Crippen LogP contribution is -2.22. The molecule has 0 aromatic heterocycles. The summed E-state index contributed by atoms with van der Waals surface area (Å²) in [6, 6.07) is 4.33. The van der Waals surface area contributed by atoms with Gasteiger partial charge in [-0.05, 0) is 28.4 Å². The molecule has 0 fully saturated rings. The maximum Gasteiger partial charge on any atom is 0.308 e. The number of carboxylic acid groups (broad SMARTS) is 1. The zero-order valence-corrected chi connectivity index (χ0v) is 12.0. The van der Waals surface area contributed by atoms with Crippen LogP contribution < -0.4 is 5.32 Å². The van der Waals surface area contributed by atoms with Crippen LogP contribution in [-0.2, 0) is 4.79 Å². The van der Waals surface area contributed by atoms with Crippen molar-refractivity contribution in [2.45, 2.75) is 19.8 Å². The summed E-state index contributed by atoms with van der Waals surface area (Å²) >= 11 is 3.23. The molecular weight excluding hydrogens is 316 g/mol. The van der Waals surface area contributed by atoms with Crippen molar-refractivity contribution < 1.29 is 14.8 Å². The topological polar surface area (TPSA) is 92.5 Å². The first-order valence-corrected chi connectivity index (χ1v) is 6.65. The van der Waals surface area contributed by atoms with Crippen LogP contribution in [0.1, 0.15) is 19.8 Å². The van der Waals surface area contributed by atoms with Crippen molar-refractivity contribution in [1.82, 2.24) is 0 Å². The van der Waals surface area contributed by atoms with Gasteiger partial charge in [0.15, 0.2) is 0 Å². The monoisotopic (exact) mass is 330 g/mol. The Kier molecular flexibility index (Phi) is 5.75. The molecule has 0 aliphatic carbocycles.